The molecular weight excluding hydrogens is 188 g/mol. The van der Waals surface area contributed by atoms with E-state index in [-0.39, 0.29) is 5.97 Å². The van der Waals surface area contributed by atoms with Crippen molar-refractivity contribution in [3.05, 3.63) is 35.4 Å². The van der Waals surface area contributed by atoms with Gasteiger partial charge in [0.15, 0.2) is 0 Å². The lowest BCUT2D eigenvalue weighted by atomic mass is 9.93. The van der Waals surface area contributed by atoms with E-state index in [0.29, 0.717) is 5.92 Å². The van der Waals surface area contributed by atoms with E-state index in [0.717, 1.165) is 5.56 Å². The van der Waals surface area contributed by atoms with Gasteiger partial charge in [-0.1, -0.05) is 31.0 Å². The van der Waals surface area contributed by atoms with Crippen molar-refractivity contribution in [2.24, 2.45) is 0 Å². The molecule has 0 aromatic heterocycles. The van der Waals surface area contributed by atoms with Gasteiger partial charge < -0.3 is 4.74 Å². The first-order valence-corrected chi connectivity index (χ1v) is 5.50. The number of methoxy groups -OCH3 is 1. The van der Waals surface area contributed by atoms with Crippen LogP contribution < -0.4 is 0 Å². The number of benzene rings is 1. The van der Waals surface area contributed by atoms with E-state index in [1.54, 1.807) is 0 Å². The number of carbonyl (C=O) groups is 1. The molecule has 0 radical (unpaired) electrons. The second kappa shape index (κ2) is 4.47. The second-order valence-corrected chi connectivity index (χ2v) is 4.06. The summed E-state index contributed by atoms with van der Waals surface area (Å²) >= 11 is 0. The molecular formula is C13H16O2. The Morgan fingerprint density at radius 2 is 1.93 bits per heavy atom. The monoisotopic (exact) mass is 204 g/mol. The molecule has 0 unspecified atom stereocenters. The first kappa shape index (κ1) is 10.2. The van der Waals surface area contributed by atoms with Crippen LogP contribution in [-0.2, 0) is 4.74 Å². The quantitative estimate of drug-likeness (QED) is 0.692. The van der Waals surface area contributed by atoms with E-state index in [1.807, 2.05) is 18.2 Å². The molecule has 2 nitrogen and oxygen atoms in total. The molecule has 0 atom stereocenters. The van der Waals surface area contributed by atoms with Gasteiger partial charge in [0, 0.05) is 0 Å². The smallest absolute Gasteiger partial charge is 0.338 e. The molecule has 0 saturated heterocycles. The predicted octanol–water partition coefficient (Wildman–Crippen LogP) is 3.13. The third-order valence-corrected chi connectivity index (χ3v) is 3.16. The Hall–Kier alpha value is -1.31. The topological polar surface area (TPSA) is 26.3 Å². The normalized spacial score (nSPS) is 16.6. The SMILES string of the molecule is COC(=O)c1ccccc1C1CCCC1. The van der Waals surface area contributed by atoms with Crippen LogP contribution in [0.15, 0.2) is 24.3 Å². The van der Waals surface area contributed by atoms with Gasteiger partial charge >= 0.3 is 5.97 Å². The van der Waals surface area contributed by atoms with E-state index in [9.17, 15) is 4.79 Å². The van der Waals surface area contributed by atoms with Gasteiger partial charge in [0.2, 0.25) is 0 Å². The van der Waals surface area contributed by atoms with Gasteiger partial charge in [-0.2, -0.15) is 0 Å². The van der Waals surface area contributed by atoms with Gasteiger partial charge in [0.05, 0.1) is 12.7 Å². The number of ether oxygens (including phenoxy) is 1. The van der Waals surface area contributed by atoms with Crippen molar-refractivity contribution < 1.29 is 9.53 Å². The molecule has 1 aliphatic carbocycles. The first-order valence-electron chi connectivity index (χ1n) is 5.50. The average Bonchev–Trinajstić information content (AvgIpc) is 2.81. The van der Waals surface area contributed by atoms with Crippen molar-refractivity contribution >= 4 is 5.97 Å². The molecule has 0 aliphatic heterocycles. The van der Waals surface area contributed by atoms with Crippen LogP contribution in [0, 0.1) is 0 Å². The lowest BCUT2D eigenvalue weighted by Gasteiger charge is -2.13. The van der Waals surface area contributed by atoms with Crippen LogP contribution in [0.5, 0.6) is 0 Å². The molecule has 0 amide bonds. The van der Waals surface area contributed by atoms with Crippen LogP contribution in [0.1, 0.15) is 47.5 Å². The Bertz CT molecular complexity index is 351. The van der Waals surface area contributed by atoms with Crippen molar-refractivity contribution in [1.29, 1.82) is 0 Å². The van der Waals surface area contributed by atoms with Crippen LogP contribution in [0.2, 0.25) is 0 Å². The molecule has 1 saturated carbocycles. The molecule has 0 spiro atoms. The lowest BCUT2D eigenvalue weighted by molar-refractivity contribution is 0.0599. The number of carbonyl (C=O) groups excluding carboxylic acids is 1. The highest BCUT2D eigenvalue weighted by Gasteiger charge is 2.22. The number of hydrogen-bond donors (Lipinski definition) is 0. The maximum absolute atomic E-state index is 11.6. The fraction of sp³-hybridized carbons (Fsp3) is 0.462. The maximum atomic E-state index is 11.6. The molecule has 15 heavy (non-hydrogen) atoms. The molecule has 80 valence electrons. The molecule has 0 N–H and O–H groups in total. The fourth-order valence-electron chi connectivity index (χ4n) is 2.39. The number of rotatable bonds is 2. The minimum absolute atomic E-state index is 0.211. The molecule has 1 fully saturated rings. The summed E-state index contributed by atoms with van der Waals surface area (Å²) in [5.41, 5.74) is 1.91. The van der Waals surface area contributed by atoms with E-state index in [4.69, 9.17) is 4.74 Å². The van der Waals surface area contributed by atoms with E-state index in [2.05, 4.69) is 6.07 Å². The Labute approximate surface area is 90.3 Å². The van der Waals surface area contributed by atoms with Crippen molar-refractivity contribution in [3.63, 3.8) is 0 Å². The van der Waals surface area contributed by atoms with E-state index >= 15 is 0 Å². The van der Waals surface area contributed by atoms with Gasteiger partial charge in [-0.15, -0.1) is 0 Å². The molecule has 2 heteroatoms. The number of hydrogen-bond acceptors (Lipinski definition) is 2. The highest BCUT2D eigenvalue weighted by molar-refractivity contribution is 5.91. The van der Waals surface area contributed by atoms with Crippen LogP contribution in [-0.4, -0.2) is 13.1 Å². The zero-order valence-electron chi connectivity index (χ0n) is 9.03. The largest absolute Gasteiger partial charge is 0.465 e. The predicted molar refractivity (Wildman–Crippen MR) is 59.0 cm³/mol. The zero-order chi connectivity index (χ0) is 10.7. The van der Waals surface area contributed by atoms with Crippen LogP contribution in [0.4, 0.5) is 0 Å². The van der Waals surface area contributed by atoms with Gasteiger partial charge in [0.1, 0.15) is 0 Å². The van der Waals surface area contributed by atoms with Crippen molar-refractivity contribution in [1.82, 2.24) is 0 Å². The standard InChI is InChI=1S/C13H16O2/c1-15-13(14)12-9-5-4-8-11(12)10-6-2-3-7-10/h4-5,8-10H,2-3,6-7H2,1H3. The van der Waals surface area contributed by atoms with Crippen molar-refractivity contribution in [2.45, 2.75) is 31.6 Å². The van der Waals surface area contributed by atoms with Crippen LogP contribution in [0.25, 0.3) is 0 Å². The molecule has 1 aromatic rings. The van der Waals surface area contributed by atoms with E-state index in [1.165, 1.54) is 38.4 Å². The lowest BCUT2D eigenvalue weighted by Crippen LogP contribution is -2.07. The Balaban J connectivity index is 2.32. The minimum Gasteiger partial charge on any atom is -0.465 e. The molecule has 0 heterocycles. The van der Waals surface area contributed by atoms with Gasteiger partial charge in [0.25, 0.3) is 0 Å². The summed E-state index contributed by atoms with van der Waals surface area (Å²) in [7, 11) is 1.44. The average molecular weight is 204 g/mol. The van der Waals surface area contributed by atoms with E-state index < -0.39 is 0 Å². The molecule has 0 bridgehead atoms. The Morgan fingerprint density at radius 1 is 1.27 bits per heavy atom. The van der Waals surface area contributed by atoms with Gasteiger partial charge in [-0.3, -0.25) is 0 Å². The Kier molecular flexibility index (Phi) is 3.05. The highest BCUT2D eigenvalue weighted by atomic mass is 16.5. The second-order valence-electron chi connectivity index (χ2n) is 4.06. The summed E-state index contributed by atoms with van der Waals surface area (Å²) in [5.74, 6) is 0.345. The third kappa shape index (κ3) is 2.04. The van der Waals surface area contributed by atoms with Crippen molar-refractivity contribution in [3.8, 4) is 0 Å². The summed E-state index contributed by atoms with van der Waals surface area (Å²) in [6, 6.07) is 7.81. The summed E-state index contributed by atoms with van der Waals surface area (Å²) in [6.07, 6.45) is 4.96. The third-order valence-electron chi connectivity index (χ3n) is 3.16. The summed E-state index contributed by atoms with van der Waals surface area (Å²) in [5, 5.41) is 0. The van der Waals surface area contributed by atoms with Crippen molar-refractivity contribution in [2.75, 3.05) is 7.11 Å². The summed E-state index contributed by atoms with van der Waals surface area (Å²) in [6.45, 7) is 0. The molecule has 2 rings (SSSR count). The summed E-state index contributed by atoms with van der Waals surface area (Å²) in [4.78, 5) is 11.6. The minimum atomic E-state index is -0.211. The number of esters is 1. The van der Waals surface area contributed by atoms with Crippen LogP contribution >= 0.6 is 0 Å². The van der Waals surface area contributed by atoms with Gasteiger partial charge in [-0.25, -0.2) is 4.79 Å². The maximum Gasteiger partial charge on any atom is 0.338 e. The zero-order valence-corrected chi connectivity index (χ0v) is 9.03. The summed E-state index contributed by atoms with van der Waals surface area (Å²) < 4.78 is 4.80. The Morgan fingerprint density at radius 3 is 2.60 bits per heavy atom. The van der Waals surface area contributed by atoms with Crippen LogP contribution in [0.3, 0.4) is 0 Å². The highest BCUT2D eigenvalue weighted by Crippen LogP contribution is 2.35. The molecule has 1 aliphatic rings. The van der Waals surface area contributed by atoms with Gasteiger partial charge in [-0.05, 0) is 30.4 Å². The fourth-order valence-corrected chi connectivity index (χ4v) is 2.39. The first-order chi connectivity index (χ1) is 7.33. The molecule has 1 aromatic carbocycles.